The van der Waals surface area contributed by atoms with Crippen molar-refractivity contribution in [2.45, 2.75) is 37.2 Å². The summed E-state index contributed by atoms with van der Waals surface area (Å²) in [5.41, 5.74) is 0. The summed E-state index contributed by atoms with van der Waals surface area (Å²) in [6.07, 6.45) is 1.18. The third-order valence-electron chi connectivity index (χ3n) is 1.26. The van der Waals surface area contributed by atoms with E-state index in [1.807, 2.05) is 13.8 Å². The van der Waals surface area contributed by atoms with Crippen LogP contribution in [0.4, 0.5) is 0 Å². The van der Waals surface area contributed by atoms with Gasteiger partial charge in [-0.05, 0) is 6.42 Å². The molecule has 2 unspecified atom stereocenters. The van der Waals surface area contributed by atoms with Gasteiger partial charge in [0.25, 0.3) is 0 Å². The molecule has 0 aromatic carbocycles. The van der Waals surface area contributed by atoms with Crippen molar-refractivity contribution in [3.63, 3.8) is 0 Å². The van der Waals surface area contributed by atoms with Crippen LogP contribution < -0.4 is 0 Å². The lowest BCUT2D eigenvalue weighted by Crippen LogP contribution is -2.11. The Morgan fingerprint density at radius 3 is 2.33 bits per heavy atom. The SMILES string of the molecule is CC(S)CCOC(=O)CC(C)S. The molecule has 0 radical (unpaired) electrons. The second kappa shape index (κ2) is 6.66. The molecule has 12 heavy (non-hydrogen) atoms. The maximum absolute atomic E-state index is 10.9. The molecule has 0 saturated heterocycles. The molecule has 0 aliphatic carbocycles. The minimum atomic E-state index is -0.175. The fourth-order valence-corrected chi connectivity index (χ4v) is 0.898. The fraction of sp³-hybridized carbons (Fsp3) is 0.875. The molecule has 0 heterocycles. The highest BCUT2D eigenvalue weighted by atomic mass is 32.1. The number of carbonyl (C=O) groups is 1. The Morgan fingerprint density at radius 2 is 1.92 bits per heavy atom. The molecular formula is C8H16O2S2. The van der Waals surface area contributed by atoms with E-state index >= 15 is 0 Å². The molecule has 0 amide bonds. The quantitative estimate of drug-likeness (QED) is 0.533. The Kier molecular flexibility index (Phi) is 6.76. The number of esters is 1. The first-order valence-electron chi connectivity index (χ1n) is 4.04. The average molecular weight is 208 g/mol. The van der Waals surface area contributed by atoms with E-state index in [4.69, 9.17) is 4.74 Å². The Bertz CT molecular complexity index is 135. The van der Waals surface area contributed by atoms with Crippen LogP contribution in [0.3, 0.4) is 0 Å². The van der Waals surface area contributed by atoms with Gasteiger partial charge in [-0.1, -0.05) is 13.8 Å². The summed E-state index contributed by atoms with van der Waals surface area (Å²) in [5.74, 6) is -0.175. The van der Waals surface area contributed by atoms with Gasteiger partial charge < -0.3 is 4.74 Å². The lowest BCUT2D eigenvalue weighted by molar-refractivity contribution is -0.143. The van der Waals surface area contributed by atoms with E-state index in [0.29, 0.717) is 13.0 Å². The van der Waals surface area contributed by atoms with E-state index in [-0.39, 0.29) is 16.5 Å². The molecule has 0 aromatic rings. The molecule has 2 nitrogen and oxygen atoms in total. The van der Waals surface area contributed by atoms with E-state index in [2.05, 4.69) is 25.3 Å². The van der Waals surface area contributed by atoms with Crippen molar-refractivity contribution < 1.29 is 9.53 Å². The Balaban J connectivity index is 3.32. The van der Waals surface area contributed by atoms with Gasteiger partial charge in [0, 0.05) is 10.5 Å². The second-order valence-electron chi connectivity index (χ2n) is 2.91. The Hall–Kier alpha value is 0.170. The number of hydrogen-bond donors (Lipinski definition) is 2. The lowest BCUT2D eigenvalue weighted by atomic mass is 10.3. The molecule has 0 N–H and O–H groups in total. The van der Waals surface area contributed by atoms with Gasteiger partial charge in [0.15, 0.2) is 0 Å². The van der Waals surface area contributed by atoms with Crippen molar-refractivity contribution in [1.29, 1.82) is 0 Å². The second-order valence-corrected chi connectivity index (χ2v) is 4.67. The predicted molar refractivity (Wildman–Crippen MR) is 57.1 cm³/mol. The van der Waals surface area contributed by atoms with Gasteiger partial charge in [-0.3, -0.25) is 4.79 Å². The van der Waals surface area contributed by atoms with Crippen LogP contribution in [0.25, 0.3) is 0 Å². The molecule has 0 rings (SSSR count). The first-order chi connectivity index (χ1) is 5.52. The van der Waals surface area contributed by atoms with Crippen molar-refractivity contribution in [2.24, 2.45) is 0 Å². The molecule has 0 fully saturated rings. The van der Waals surface area contributed by atoms with Gasteiger partial charge in [0.05, 0.1) is 13.0 Å². The summed E-state index contributed by atoms with van der Waals surface area (Å²) < 4.78 is 4.93. The number of rotatable bonds is 5. The smallest absolute Gasteiger partial charge is 0.306 e. The largest absolute Gasteiger partial charge is 0.466 e. The normalized spacial score (nSPS) is 15.3. The monoisotopic (exact) mass is 208 g/mol. The molecule has 0 spiro atoms. The maximum Gasteiger partial charge on any atom is 0.306 e. The van der Waals surface area contributed by atoms with Crippen LogP contribution in [0.15, 0.2) is 0 Å². The van der Waals surface area contributed by atoms with Crippen molar-refractivity contribution in [2.75, 3.05) is 6.61 Å². The third kappa shape index (κ3) is 8.27. The van der Waals surface area contributed by atoms with Crippen LogP contribution in [0.1, 0.15) is 26.7 Å². The van der Waals surface area contributed by atoms with Crippen molar-refractivity contribution in [3.05, 3.63) is 0 Å². The van der Waals surface area contributed by atoms with Gasteiger partial charge in [0.1, 0.15) is 0 Å². The number of carbonyl (C=O) groups excluding carboxylic acids is 1. The average Bonchev–Trinajstić information content (AvgIpc) is 1.84. The van der Waals surface area contributed by atoms with Crippen LogP contribution >= 0.6 is 25.3 Å². The zero-order valence-electron chi connectivity index (χ0n) is 7.49. The van der Waals surface area contributed by atoms with Crippen molar-refractivity contribution >= 4 is 31.2 Å². The maximum atomic E-state index is 10.9. The first-order valence-corrected chi connectivity index (χ1v) is 5.07. The van der Waals surface area contributed by atoms with Gasteiger partial charge in [-0.25, -0.2) is 0 Å². The number of thiol groups is 2. The number of ether oxygens (including phenoxy) is 1. The summed E-state index contributed by atoms with van der Waals surface area (Å²) >= 11 is 8.25. The fourth-order valence-electron chi connectivity index (χ4n) is 0.643. The molecule has 4 heteroatoms. The summed E-state index contributed by atoms with van der Waals surface area (Å²) in [7, 11) is 0. The first kappa shape index (κ1) is 12.2. The molecule has 0 aromatic heterocycles. The Morgan fingerprint density at radius 1 is 1.33 bits per heavy atom. The highest BCUT2D eigenvalue weighted by molar-refractivity contribution is 7.81. The molecule has 2 atom stereocenters. The summed E-state index contributed by atoms with van der Waals surface area (Å²) in [6, 6.07) is 0. The minimum Gasteiger partial charge on any atom is -0.466 e. The van der Waals surface area contributed by atoms with Gasteiger partial charge >= 0.3 is 5.97 Å². The third-order valence-corrected chi connectivity index (χ3v) is 1.70. The molecular weight excluding hydrogens is 192 g/mol. The van der Waals surface area contributed by atoms with Crippen LogP contribution in [0, 0.1) is 0 Å². The highest BCUT2D eigenvalue weighted by Crippen LogP contribution is 2.03. The van der Waals surface area contributed by atoms with Crippen LogP contribution in [-0.4, -0.2) is 23.1 Å². The Labute approximate surface area is 84.9 Å². The van der Waals surface area contributed by atoms with Gasteiger partial charge in [0.2, 0.25) is 0 Å². The zero-order chi connectivity index (χ0) is 9.56. The molecule has 0 bridgehead atoms. The highest BCUT2D eigenvalue weighted by Gasteiger charge is 2.06. The predicted octanol–water partition coefficient (Wildman–Crippen LogP) is 1.95. The molecule has 72 valence electrons. The summed E-state index contributed by atoms with van der Waals surface area (Å²) in [4.78, 5) is 10.9. The minimum absolute atomic E-state index is 0.0749. The molecule has 0 aliphatic heterocycles. The number of hydrogen-bond acceptors (Lipinski definition) is 4. The van der Waals surface area contributed by atoms with E-state index in [9.17, 15) is 4.79 Å². The van der Waals surface area contributed by atoms with E-state index in [1.54, 1.807) is 0 Å². The summed E-state index contributed by atoms with van der Waals surface area (Å²) in [6.45, 7) is 4.30. The van der Waals surface area contributed by atoms with Crippen molar-refractivity contribution in [1.82, 2.24) is 0 Å². The van der Waals surface area contributed by atoms with Gasteiger partial charge in [-0.15, -0.1) is 0 Å². The topological polar surface area (TPSA) is 26.3 Å². The van der Waals surface area contributed by atoms with Crippen LogP contribution in [0.5, 0.6) is 0 Å². The van der Waals surface area contributed by atoms with Crippen LogP contribution in [0.2, 0.25) is 0 Å². The van der Waals surface area contributed by atoms with Crippen molar-refractivity contribution in [3.8, 4) is 0 Å². The van der Waals surface area contributed by atoms with Gasteiger partial charge in [-0.2, -0.15) is 25.3 Å². The van der Waals surface area contributed by atoms with E-state index in [1.165, 1.54) is 0 Å². The molecule has 0 saturated carbocycles. The summed E-state index contributed by atoms with van der Waals surface area (Å²) in [5, 5.41) is 0.358. The lowest BCUT2D eigenvalue weighted by Gasteiger charge is -2.07. The van der Waals surface area contributed by atoms with Crippen LogP contribution in [-0.2, 0) is 9.53 Å². The zero-order valence-corrected chi connectivity index (χ0v) is 9.28. The standard InChI is InChI=1S/C8H16O2S2/c1-6(11)3-4-10-8(9)5-7(2)12/h6-7,11-12H,3-5H2,1-2H3. The van der Waals surface area contributed by atoms with E-state index in [0.717, 1.165) is 6.42 Å². The molecule has 0 aliphatic rings. The van der Waals surface area contributed by atoms with E-state index < -0.39 is 0 Å².